The van der Waals surface area contributed by atoms with Crippen LogP contribution in [0.5, 0.6) is 0 Å². The Labute approximate surface area is 125 Å². The number of halogens is 2. The van der Waals surface area contributed by atoms with E-state index in [2.05, 4.69) is 10.2 Å². The highest BCUT2D eigenvalue weighted by Crippen LogP contribution is 2.17. The molecule has 5 heteroatoms. The van der Waals surface area contributed by atoms with Gasteiger partial charge in [-0.25, -0.2) is 8.78 Å². The molecule has 0 radical (unpaired) electrons. The van der Waals surface area contributed by atoms with Gasteiger partial charge in [-0.15, -0.1) is 0 Å². The van der Waals surface area contributed by atoms with Crippen LogP contribution >= 0.6 is 0 Å². The van der Waals surface area contributed by atoms with Gasteiger partial charge in [0.15, 0.2) is 0 Å². The van der Waals surface area contributed by atoms with Crippen LogP contribution in [0.25, 0.3) is 0 Å². The van der Waals surface area contributed by atoms with Crippen molar-refractivity contribution in [3.63, 3.8) is 0 Å². The third-order valence-electron chi connectivity index (χ3n) is 4.09. The van der Waals surface area contributed by atoms with Gasteiger partial charge in [-0.3, -0.25) is 0 Å². The maximum atomic E-state index is 13.6. The van der Waals surface area contributed by atoms with Crippen molar-refractivity contribution in [1.29, 1.82) is 0 Å². The van der Waals surface area contributed by atoms with Crippen LogP contribution in [0, 0.1) is 11.6 Å². The number of likely N-dealkylation sites (tertiary alicyclic amines) is 1. The number of nitrogens with zero attached hydrogens (tertiary/aromatic N) is 1. The molecular weight excluding hydrogens is 274 g/mol. The Bertz CT molecular complexity index is 448. The van der Waals surface area contributed by atoms with Crippen molar-refractivity contribution in [3.05, 3.63) is 35.4 Å². The van der Waals surface area contributed by atoms with Crippen LogP contribution in [0.15, 0.2) is 18.2 Å². The number of aliphatic hydroxyl groups excluding tert-OH is 1. The lowest BCUT2D eigenvalue weighted by Crippen LogP contribution is -2.37. The fourth-order valence-corrected chi connectivity index (χ4v) is 2.73. The molecule has 1 heterocycles. The third-order valence-corrected chi connectivity index (χ3v) is 4.09. The molecule has 0 spiro atoms. The first-order valence-electron chi connectivity index (χ1n) is 7.65. The van der Waals surface area contributed by atoms with E-state index in [9.17, 15) is 13.9 Å². The first kappa shape index (κ1) is 16.3. The average molecular weight is 298 g/mol. The van der Waals surface area contributed by atoms with Gasteiger partial charge in [0.05, 0.1) is 6.10 Å². The summed E-state index contributed by atoms with van der Waals surface area (Å²) in [4.78, 5) is 2.34. The van der Waals surface area contributed by atoms with Crippen molar-refractivity contribution in [1.82, 2.24) is 10.2 Å². The van der Waals surface area contributed by atoms with Gasteiger partial charge in [-0.05, 0) is 45.3 Å². The zero-order chi connectivity index (χ0) is 15.2. The highest BCUT2D eigenvalue weighted by molar-refractivity contribution is 5.21. The maximum absolute atomic E-state index is 13.6. The minimum absolute atomic E-state index is 0.131. The highest BCUT2D eigenvalue weighted by Gasteiger charge is 2.16. The van der Waals surface area contributed by atoms with Crippen LogP contribution in [0.1, 0.15) is 37.8 Å². The van der Waals surface area contributed by atoms with E-state index in [-0.39, 0.29) is 12.1 Å². The van der Waals surface area contributed by atoms with E-state index in [0.717, 1.165) is 51.5 Å². The summed E-state index contributed by atoms with van der Waals surface area (Å²) in [5.74, 6) is -1.05. The van der Waals surface area contributed by atoms with E-state index in [1.807, 2.05) is 6.92 Å². The topological polar surface area (TPSA) is 35.5 Å². The minimum atomic E-state index is -0.546. The summed E-state index contributed by atoms with van der Waals surface area (Å²) in [6.45, 7) is 5.55. The maximum Gasteiger partial charge on any atom is 0.130 e. The Hall–Kier alpha value is -1.04. The highest BCUT2D eigenvalue weighted by atomic mass is 19.1. The second kappa shape index (κ2) is 7.82. The summed E-state index contributed by atoms with van der Waals surface area (Å²) in [6.07, 6.45) is 2.54. The molecule has 1 atom stereocenters. The molecule has 0 bridgehead atoms. The zero-order valence-corrected chi connectivity index (χ0v) is 12.5. The third kappa shape index (κ3) is 5.02. The van der Waals surface area contributed by atoms with Gasteiger partial charge in [0.1, 0.15) is 11.6 Å². The Kier molecular flexibility index (Phi) is 6.08. The summed E-state index contributed by atoms with van der Waals surface area (Å²) >= 11 is 0. The molecule has 0 amide bonds. The molecule has 1 saturated heterocycles. The fraction of sp³-hybridized carbons (Fsp3) is 0.625. The molecule has 0 saturated carbocycles. The predicted molar refractivity (Wildman–Crippen MR) is 79.1 cm³/mol. The molecule has 0 aromatic heterocycles. The SMILES string of the molecule is CC(NCCCN1CCC(O)CC1)c1ccc(F)cc1F. The lowest BCUT2D eigenvalue weighted by molar-refractivity contribution is 0.0820. The van der Waals surface area contributed by atoms with Gasteiger partial charge in [0.2, 0.25) is 0 Å². The number of rotatable bonds is 6. The van der Waals surface area contributed by atoms with E-state index in [0.29, 0.717) is 5.56 Å². The Morgan fingerprint density at radius 3 is 2.71 bits per heavy atom. The number of aliphatic hydroxyl groups is 1. The molecule has 1 aliphatic rings. The van der Waals surface area contributed by atoms with Gasteiger partial charge in [0.25, 0.3) is 0 Å². The molecule has 1 fully saturated rings. The Balaban J connectivity index is 1.68. The molecule has 2 rings (SSSR count). The first-order valence-corrected chi connectivity index (χ1v) is 7.65. The normalized spacial score (nSPS) is 18.9. The summed E-state index contributed by atoms with van der Waals surface area (Å²) in [7, 11) is 0. The number of piperidine rings is 1. The van der Waals surface area contributed by atoms with Crippen molar-refractivity contribution in [2.45, 2.75) is 38.3 Å². The van der Waals surface area contributed by atoms with Gasteiger partial charge < -0.3 is 15.3 Å². The van der Waals surface area contributed by atoms with Crippen molar-refractivity contribution in [3.8, 4) is 0 Å². The van der Waals surface area contributed by atoms with Crippen molar-refractivity contribution < 1.29 is 13.9 Å². The zero-order valence-electron chi connectivity index (χ0n) is 12.5. The van der Waals surface area contributed by atoms with Gasteiger partial charge >= 0.3 is 0 Å². The Morgan fingerprint density at radius 2 is 2.05 bits per heavy atom. The molecule has 1 aliphatic heterocycles. The second-order valence-electron chi connectivity index (χ2n) is 5.77. The predicted octanol–water partition coefficient (Wildman–Crippen LogP) is 2.46. The van der Waals surface area contributed by atoms with E-state index in [1.54, 1.807) is 0 Å². The standard InChI is InChI=1S/C16H24F2N2O/c1-12(15-4-3-13(17)11-16(15)18)19-7-2-8-20-9-5-14(21)6-10-20/h3-4,11-12,14,19,21H,2,5-10H2,1H3. The van der Waals surface area contributed by atoms with E-state index < -0.39 is 11.6 Å². The fourth-order valence-electron chi connectivity index (χ4n) is 2.73. The van der Waals surface area contributed by atoms with E-state index >= 15 is 0 Å². The molecule has 0 aliphatic carbocycles. The molecule has 1 aromatic rings. The minimum Gasteiger partial charge on any atom is -0.393 e. The Morgan fingerprint density at radius 1 is 1.33 bits per heavy atom. The van der Waals surface area contributed by atoms with Crippen LogP contribution in [0.2, 0.25) is 0 Å². The van der Waals surface area contributed by atoms with Crippen LogP contribution in [0.4, 0.5) is 8.78 Å². The molecular formula is C16H24F2N2O. The molecule has 118 valence electrons. The van der Waals surface area contributed by atoms with Gasteiger partial charge in [-0.1, -0.05) is 6.07 Å². The number of hydrogen-bond donors (Lipinski definition) is 2. The molecule has 1 aromatic carbocycles. The molecule has 1 unspecified atom stereocenters. The smallest absolute Gasteiger partial charge is 0.130 e. The van der Waals surface area contributed by atoms with Crippen LogP contribution in [-0.2, 0) is 0 Å². The van der Waals surface area contributed by atoms with Crippen LogP contribution in [0.3, 0.4) is 0 Å². The van der Waals surface area contributed by atoms with Crippen LogP contribution < -0.4 is 5.32 Å². The van der Waals surface area contributed by atoms with Crippen molar-refractivity contribution in [2.24, 2.45) is 0 Å². The van der Waals surface area contributed by atoms with Crippen molar-refractivity contribution >= 4 is 0 Å². The monoisotopic (exact) mass is 298 g/mol. The summed E-state index contributed by atoms with van der Waals surface area (Å²) in [6, 6.07) is 3.57. The summed E-state index contributed by atoms with van der Waals surface area (Å²) < 4.78 is 26.5. The quantitative estimate of drug-likeness (QED) is 0.792. The molecule has 3 nitrogen and oxygen atoms in total. The van der Waals surface area contributed by atoms with E-state index in [4.69, 9.17) is 0 Å². The van der Waals surface area contributed by atoms with Crippen LogP contribution in [-0.4, -0.2) is 42.3 Å². The largest absolute Gasteiger partial charge is 0.393 e. The van der Waals surface area contributed by atoms with Gasteiger partial charge in [-0.2, -0.15) is 0 Å². The van der Waals surface area contributed by atoms with E-state index in [1.165, 1.54) is 12.1 Å². The van der Waals surface area contributed by atoms with Gasteiger partial charge in [0, 0.05) is 30.8 Å². The lowest BCUT2D eigenvalue weighted by atomic mass is 10.1. The molecule has 21 heavy (non-hydrogen) atoms. The number of hydrogen-bond acceptors (Lipinski definition) is 3. The first-order chi connectivity index (χ1) is 10.1. The number of benzene rings is 1. The molecule has 2 N–H and O–H groups in total. The second-order valence-corrected chi connectivity index (χ2v) is 5.77. The number of nitrogens with one attached hydrogen (secondary N) is 1. The van der Waals surface area contributed by atoms with Crippen molar-refractivity contribution in [2.75, 3.05) is 26.2 Å². The summed E-state index contributed by atoms with van der Waals surface area (Å²) in [5.41, 5.74) is 0.498. The summed E-state index contributed by atoms with van der Waals surface area (Å²) in [5, 5.41) is 12.7. The lowest BCUT2D eigenvalue weighted by Gasteiger charge is -2.29. The average Bonchev–Trinajstić information content (AvgIpc) is 2.45.